The first kappa shape index (κ1) is 30.6. The summed E-state index contributed by atoms with van der Waals surface area (Å²) >= 11 is 0. The summed E-state index contributed by atoms with van der Waals surface area (Å²) in [5, 5.41) is 11.6. The Morgan fingerprint density at radius 1 is 1.00 bits per heavy atom. The molecule has 1 aliphatic carbocycles. The summed E-state index contributed by atoms with van der Waals surface area (Å²) in [4.78, 5) is 70.5. The largest absolute Gasteiger partial charge is 0.496 e. The number of urea groups is 1. The molecule has 0 unspecified atom stereocenters. The number of hydrogen-bond acceptors (Lipinski definition) is 6. The summed E-state index contributed by atoms with van der Waals surface area (Å²) in [7, 11) is 1.55. The standard InChI is InChI=1S/C32H38N6O6/c1-44-26-14-8-13-23-22(26)17-24(35-23)29(40)37-27(21-11-6-3-7-12-21)30(41)36-25(19-38-16-15-33-32(38)43)28(39)31(42)34-18-20-9-4-2-5-10-20/h2,4-5,8-10,13-14,17,21,25,27,35H,3,6-7,11-12,15-16,18-19H2,1H3,(H,33,43)(H,34,42)(H,36,41)(H,37,40)/t25-,27-/m0/s1. The average molecular weight is 603 g/mol. The number of aromatic nitrogens is 1. The van der Waals surface area contributed by atoms with Crippen molar-refractivity contribution in [3.63, 3.8) is 0 Å². The molecule has 0 radical (unpaired) electrons. The molecule has 44 heavy (non-hydrogen) atoms. The normalized spacial score (nSPS) is 16.6. The van der Waals surface area contributed by atoms with Crippen LogP contribution in [-0.2, 0) is 20.9 Å². The molecule has 2 atom stereocenters. The van der Waals surface area contributed by atoms with Gasteiger partial charge in [0.15, 0.2) is 0 Å². The molecule has 5 rings (SSSR count). The van der Waals surface area contributed by atoms with E-state index in [2.05, 4.69) is 26.3 Å². The molecular weight excluding hydrogens is 564 g/mol. The molecule has 0 bridgehead atoms. The van der Waals surface area contributed by atoms with Crippen molar-refractivity contribution >= 4 is 40.4 Å². The van der Waals surface area contributed by atoms with Crippen molar-refractivity contribution in [2.75, 3.05) is 26.7 Å². The first-order valence-corrected chi connectivity index (χ1v) is 15.0. The third kappa shape index (κ3) is 7.19. The number of rotatable bonds is 12. The van der Waals surface area contributed by atoms with Gasteiger partial charge in [0.1, 0.15) is 23.5 Å². The maximum Gasteiger partial charge on any atom is 0.317 e. The monoisotopic (exact) mass is 602 g/mol. The van der Waals surface area contributed by atoms with Crippen LogP contribution in [0.25, 0.3) is 10.9 Å². The molecular formula is C32H38N6O6. The van der Waals surface area contributed by atoms with Crippen molar-refractivity contribution in [1.29, 1.82) is 0 Å². The molecule has 0 spiro atoms. The number of carbonyl (C=O) groups excluding carboxylic acids is 5. The van der Waals surface area contributed by atoms with Crippen LogP contribution in [0.5, 0.6) is 5.75 Å². The fourth-order valence-electron chi connectivity index (χ4n) is 5.90. The van der Waals surface area contributed by atoms with E-state index in [0.29, 0.717) is 24.4 Å². The lowest BCUT2D eigenvalue weighted by atomic mass is 9.83. The summed E-state index contributed by atoms with van der Waals surface area (Å²) in [6.45, 7) is 0.676. The van der Waals surface area contributed by atoms with Crippen LogP contribution < -0.4 is 26.0 Å². The van der Waals surface area contributed by atoms with Gasteiger partial charge in [0.25, 0.3) is 11.8 Å². The van der Waals surface area contributed by atoms with Gasteiger partial charge in [0.05, 0.1) is 13.7 Å². The smallest absolute Gasteiger partial charge is 0.317 e. The minimum absolute atomic E-state index is 0.131. The highest BCUT2D eigenvalue weighted by Crippen LogP contribution is 2.28. The molecule has 2 aromatic carbocycles. The topological polar surface area (TPSA) is 162 Å². The average Bonchev–Trinajstić information content (AvgIpc) is 3.68. The molecule has 5 amide bonds. The lowest BCUT2D eigenvalue weighted by molar-refractivity contribution is -0.140. The van der Waals surface area contributed by atoms with Crippen LogP contribution in [0.2, 0.25) is 0 Å². The van der Waals surface area contributed by atoms with E-state index in [1.165, 1.54) is 4.90 Å². The van der Waals surface area contributed by atoms with Crippen LogP contribution in [0.3, 0.4) is 0 Å². The van der Waals surface area contributed by atoms with Gasteiger partial charge in [0.2, 0.25) is 11.7 Å². The van der Waals surface area contributed by atoms with Gasteiger partial charge in [-0.25, -0.2) is 4.79 Å². The highest BCUT2D eigenvalue weighted by molar-refractivity contribution is 6.38. The number of fused-ring (bicyclic) bond motifs is 1. The molecule has 12 heteroatoms. The first-order chi connectivity index (χ1) is 21.3. The van der Waals surface area contributed by atoms with Gasteiger partial charge in [-0.2, -0.15) is 0 Å². The Balaban J connectivity index is 1.34. The van der Waals surface area contributed by atoms with E-state index in [-0.39, 0.29) is 30.7 Å². The summed E-state index contributed by atoms with van der Waals surface area (Å²) in [5.74, 6) is -2.35. The van der Waals surface area contributed by atoms with Crippen LogP contribution in [0.4, 0.5) is 4.79 Å². The number of Topliss-reactive ketones (excluding diaryl/α,β-unsaturated/α-hetero) is 1. The van der Waals surface area contributed by atoms with E-state index < -0.39 is 35.6 Å². The number of benzene rings is 2. The second-order valence-corrected chi connectivity index (χ2v) is 11.2. The Morgan fingerprint density at radius 3 is 2.48 bits per heavy atom. The van der Waals surface area contributed by atoms with Crippen molar-refractivity contribution in [1.82, 2.24) is 31.2 Å². The zero-order chi connectivity index (χ0) is 31.1. The maximum absolute atomic E-state index is 13.9. The minimum atomic E-state index is -1.30. The van der Waals surface area contributed by atoms with Crippen molar-refractivity contribution < 1.29 is 28.7 Å². The molecule has 2 fully saturated rings. The third-order valence-corrected chi connectivity index (χ3v) is 8.28. The van der Waals surface area contributed by atoms with Crippen LogP contribution in [0, 0.1) is 5.92 Å². The molecule has 2 aliphatic rings. The van der Waals surface area contributed by atoms with Gasteiger partial charge in [0, 0.05) is 30.5 Å². The molecule has 1 aliphatic heterocycles. The van der Waals surface area contributed by atoms with E-state index in [1.54, 1.807) is 19.2 Å². The SMILES string of the molecule is COc1cccc2[nH]c(C(=O)N[C@H](C(=O)N[C@@H](CN3CCNC3=O)C(=O)C(=O)NCc3ccccc3)C3CCCCC3)cc12. The Labute approximate surface area is 255 Å². The molecule has 1 saturated heterocycles. The van der Waals surface area contributed by atoms with Gasteiger partial charge in [-0.1, -0.05) is 55.7 Å². The van der Waals surface area contributed by atoms with Crippen LogP contribution in [-0.4, -0.2) is 78.2 Å². The Kier molecular flexibility index (Phi) is 9.78. The van der Waals surface area contributed by atoms with Crippen molar-refractivity contribution in [2.45, 2.75) is 50.7 Å². The fourth-order valence-corrected chi connectivity index (χ4v) is 5.90. The zero-order valence-electron chi connectivity index (χ0n) is 24.7. The third-order valence-electron chi connectivity index (χ3n) is 8.28. The Morgan fingerprint density at radius 2 is 1.77 bits per heavy atom. The minimum Gasteiger partial charge on any atom is -0.496 e. The number of H-pyrrole nitrogens is 1. The highest BCUT2D eigenvalue weighted by Gasteiger charge is 2.37. The first-order valence-electron chi connectivity index (χ1n) is 15.0. The number of hydrogen-bond donors (Lipinski definition) is 5. The van der Waals surface area contributed by atoms with Crippen LogP contribution >= 0.6 is 0 Å². The molecule has 5 N–H and O–H groups in total. The van der Waals surface area contributed by atoms with E-state index >= 15 is 0 Å². The van der Waals surface area contributed by atoms with Crippen molar-refractivity contribution in [3.05, 3.63) is 65.9 Å². The number of nitrogens with one attached hydrogen (secondary N) is 5. The van der Waals surface area contributed by atoms with Crippen molar-refractivity contribution in [3.8, 4) is 5.75 Å². The number of amides is 5. The van der Waals surface area contributed by atoms with E-state index in [0.717, 1.165) is 43.1 Å². The number of carbonyl (C=O) groups is 5. The van der Waals surface area contributed by atoms with Gasteiger partial charge < -0.3 is 35.9 Å². The summed E-state index contributed by atoms with van der Waals surface area (Å²) in [6, 6.07) is 13.6. The van der Waals surface area contributed by atoms with Gasteiger partial charge in [-0.15, -0.1) is 0 Å². The summed E-state index contributed by atoms with van der Waals surface area (Å²) < 4.78 is 5.41. The van der Waals surface area contributed by atoms with E-state index in [9.17, 15) is 24.0 Å². The van der Waals surface area contributed by atoms with Crippen LogP contribution in [0.1, 0.15) is 48.2 Å². The molecule has 232 valence electrons. The lowest BCUT2D eigenvalue weighted by Crippen LogP contribution is -2.59. The summed E-state index contributed by atoms with van der Waals surface area (Å²) in [5.41, 5.74) is 1.78. The molecule has 12 nitrogen and oxygen atoms in total. The lowest BCUT2D eigenvalue weighted by Gasteiger charge is -2.31. The van der Waals surface area contributed by atoms with Crippen LogP contribution in [0.15, 0.2) is 54.6 Å². The number of aromatic amines is 1. The predicted octanol–water partition coefficient (Wildman–Crippen LogP) is 2.25. The second kappa shape index (κ2) is 14.1. The highest BCUT2D eigenvalue weighted by atomic mass is 16.5. The van der Waals surface area contributed by atoms with E-state index in [1.807, 2.05) is 42.5 Å². The quantitative estimate of drug-likeness (QED) is 0.200. The summed E-state index contributed by atoms with van der Waals surface area (Å²) in [6.07, 6.45) is 4.30. The van der Waals surface area contributed by atoms with Crippen molar-refractivity contribution in [2.24, 2.45) is 5.92 Å². The number of ether oxygens (including phenoxy) is 1. The van der Waals surface area contributed by atoms with Gasteiger partial charge >= 0.3 is 6.03 Å². The van der Waals surface area contributed by atoms with Gasteiger partial charge in [-0.05, 0) is 42.5 Å². The number of ketones is 1. The Hall–Kier alpha value is -4.87. The fraction of sp³-hybridized carbons (Fsp3) is 0.406. The predicted molar refractivity (Wildman–Crippen MR) is 163 cm³/mol. The van der Waals surface area contributed by atoms with E-state index in [4.69, 9.17) is 4.74 Å². The molecule has 1 saturated carbocycles. The van der Waals surface area contributed by atoms with Gasteiger partial charge in [-0.3, -0.25) is 19.2 Å². The Bertz CT molecular complexity index is 1520. The zero-order valence-corrected chi connectivity index (χ0v) is 24.7. The number of nitrogens with zero attached hydrogens (tertiary/aromatic N) is 1. The maximum atomic E-state index is 13.9. The molecule has 2 heterocycles. The second-order valence-electron chi connectivity index (χ2n) is 11.2. The molecule has 1 aromatic heterocycles. The molecule has 3 aromatic rings. The number of methoxy groups -OCH3 is 1.